The van der Waals surface area contributed by atoms with E-state index >= 15 is 0 Å². The van der Waals surface area contributed by atoms with Gasteiger partial charge in [-0.25, -0.2) is 8.42 Å². The average molecular weight is 424 g/mol. The summed E-state index contributed by atoms with van der Waals surface area (Å²) in [5.74, 6) is 0.271. The first-order valence-corrected chi connectivity index (χ1v) is 11.5. The summed E-state index contributed by atoms with van der Waals surface area (Å²) in [6, 6.07) is 0. The van der Waals surface area contributed by atoms with Crippen molar-refractivity contribution in [2.45, 2.75) is 51.4 Å². The third-order valence-electron chi connectivity index (χ3n) is 5.53. The van der Waals surface area contributed by atoms with Gasteiger partial charge in [0.25, 0.3) is 0 Å². The highest BCUT2D eigenvalue weighted by Gasteiger charge is 2.30. The lowest BCUT2D eigenvalue weighted by molar-refractivity contribution is -0.117. The van der Waals surface area contributed by atoms with E-state index < -0.39 is 10.0 Å². The number of hydrogen-bond acceptors (Lipinski definition) is 7. The third kappa shape index (κ3) is 4.02. The number of carbonyl (C=O) groups is 1. The van der Waals surface area contributed by atoms with Crippen LogP contribution in [0.5, 0.6) is 0 Å². The largest absolute Gasteiger partial charge is 0.411 e. The third-order valence-corrected chi connectivity index (χ3v) is 6.09. The second kappa shape index (κ2) is 7.25. The summed E-state index contributed by atoms with van der Waals surface area (Å²) in [7, 11) is -3.54. The molecule has 2 aromatic rings. The van der Waals surface area contributed by atoms with Gasteiger partial charge in [-0.1, -0.05) is 0 Å². The fourth-order valence-electron chi connectivity index (χ4n) is 4.23. The topological polar surface area (TPSA) is 151 Å². The molecule has 1 unspecified atom stereocenters. The number of aromatic nitrogens is 4. The highest BCUT2D eigenvalue weighted by atomic mass is 32.2. The molecule has 0 saturated heterocycles. The second-order valence-electron chi connectivity index (χ2n) is 7.77. The van der Waals surface area contributed by atoms with E-state index in [-0.39, 0.29) is 24.1 Å². The van der Waals surface area contributed by atoms with E-state index in [1.165, 1.54) is 0 Å². The Kier molecular flexibility index (Phi) is 4.89. The van der Waals surface area contributed by atoms with Crippen LogP contribution in [0.3, 0.4) is 0 Å². The van der Waals surface area contributed by atoms with E-state index in [2.05, 4.69) is 20.2 Å². The minimum atomic E-state index is -3.54. The van der Waals surface area contributed by atoms with Crippen molar-refractivity contribution < 1.29 is 23.6 Å². The molecule has 0 radical (unpaired) electrons. The van der Waals surface area contributed by atoms with E-state index in [0.717, 1.165) is 48.0 Å². The van der Waals surface area contributed by atoms with Crippen LogP contribution in [0, 0.1) is 5.92 Å². The Balaban J connectivity index is 1.45. The molecule has 2 aliphatic rings. The van der Waals surface area contributed by atoms with Crippen LogP contribution in [0.1, 0.15) is 48.2 Å². The summed E-state index contributed by atoms with van der Waals surface area (Å²) in [5, 5.41) is 30.5. The van der Waals surface area contributed by atoms with Crippen LogP contribution in [0.15, 0.2) is 0 Å². The Morgan fingerprint density at radius 1 is 1.07 bits per heavy atom. The number of fused-ring (bicyclic) bond motifs is 2. The highest BCUT2D eigenvalue weighted by molar-refractivity contribution is 7.92. The first kappa shape index (κ1) is 19.6. The quantitative estimate of drug-likeness (QED) is 0.521. The van der Waals surface area contributed by atoms with Gasteiger partial charge in [0.15, 0.2) is 11.6 Å². The van der Waals surface area contributed by atoms with Gasteiger partial charge in [-0.3, -0.25) is 9.52 Å². The molecular weight excluding hydrogens is 400 g/mol. The molecule has 1 atom stereocenters. The number of sulfonamides is 1. The molecule has 0 aromatic carbocycles. The smallest absolute Gasteiger partial charge is 0.231 e. The van der Waals surface area contributed by atoms with Gasteiger partial charge in [-0.15, -0.1) is 19.9 Å². The molecule has 4 rings (SSSR count). The van der Waals surface area contributed by atoms with Crippen LogP contribution in [-0.2, 0) is 40.5 Å². The van der Waals surface area contributed by atoms with Crippen molar-refractivity contribution in [3.8, 4) is 0 Å². The molecule has 4 N–H and O–H groups in total. The number of rotatable bonds is 5. The Bertz CT molecular complexity index is 1060. The number of anilines is 2. The predicted octanol–water partition coefficient (Wildman–Crippen LogP) is 0.938. The van der Waals surface area contributed by atoms with Crippen LogP contribution in [0.2, 0.25) is 0 Å². The summed E-state index contributed by atoms with van der Waals surface area (Å²) in [6.45, 7) is 0. The Labute approximate surface area is 167 Å². The Hall–Kier alpha value is -2.76. The molecule has 11 nitrogen and oxygen atoms in total. The van der Waals surface area contributed by atoms with Gasteiger partial charge in [-0.2, -0.15) is 0 Å². The molecule has 0 spiro atoms. The molecule has 2 aliphatic carbocycles. The number of nitrogens with zero attached hydrogens (tertiary/aromatic N) is 4. The van der Waals surface area contributed by atoms with Crippen molar-refractivity contribution in [3.63, 3.8) is 0 Å². The summed E-state index contributed by atoms with van der Waals surface area (Å²) >= 11 is 0. The van der Waals surface area contributed by atoms with Crippen LogP contribution < -0.4 is 10.0 Å². The van der Waals surface area contributed by atoms with Crippen molar-refractivity contribution >= 4 is 27.6 Å². The molecule has 0 bridgehead atoms. The highest BCUT2D eigenvalue weighted by Crippen LogP contribution is 2.33. The van der Waals surface area contributed by atoms with Crippen molar-refractivity contribution in [2.75, 3.05) is 16.3 Å². The lowest BCUT2D eigenvalue weighted by atomic mass is 9.85. The van der Waals surface area contributed by atoms with Crippen molar-refractivity contribution in [1.82, 2.24) is 19.9 Å². The van der Waals surface area contributed by atoms with Crippen LogP contribution in [0.25, 0.3) is 0 Å². The lowest BCUT2D eigenvalue weighted by Crippen LogP contribution is -2.23. The normalized spacial score (nSPS) is 18.7. The summed E-state index contributed by atoms with van der Waals surface area (Å²) in [4.78, 5) is 14.1. The van der Waals surface area contributed by atoms with E-state index in [9.17, 15) is 23.6 Å². The summed E-state index contributed by atoms with van der Waals surface area (Å²) in [6.07, 6.45) is 6.31. The molecular formula is C17H24N6O5S. The van der Waals surface area contributed by atoms with E-state index in [4.69, 9.17) is 0 Å². The van der Waals surface area contributed by atoms with Crippen molar-refractivity contribution in [3.05, 3.63) is 22.5 Å². The zero-order chi connectivity index (χ0) is 20.8. The van der Waals surface area contributed by atoms with E-state index in [0.29, 0.717) is 41.2 Å². The number of amides is 1. The summed E-state index contributed by atoms with van der Waals surface area (Å²) < 4.78 is 25.4. The zero-order valence-corrected chi connectivity index (χ0v) is 16.9. The maximum Gasteiger partial charge on any atom is 0.231 e. The second-order valence-corrected chi connectivity index (χ2v) is 9.52. The minimum absolute atomic E-state index is 0.0288. The minimum Gasteiger partial charge on any atom is -0.411 e. The molecule has 29 heavy (non-hydrogen) atoms. The first-order valence-electron chi connectivity index (χ1n) is 9.59. The van der Waals surface area contributed by atoms with Gasteiger partial charge in [0, 0.05) is 17.5 Å². The molecule has 2 aromatic heterocycles. The molecule has 12 heteroatoms. The lowest BCUT2D eigenvalue weighted by Gasteiger charge is -2.22. The van der Waals surface area contributed by atoms with Crippen LogP contribution >= 0.6 is 0 Å². The SMILES string of the molecule is CS(=O)(=O)Nc1nn(O)c2c1CC(CC(=O)Nc1nn(O)c3c1CCCC3)CC2. The molecule has 1 amide bonds. The molecule has 0 aliphatic heterocycles. The van der Waals surface area contributed by atoms with Crippen LogP contribution in [0.4, 0.5) is 11.6 Å². The van der Waals surface area contributed by atoms with Crippen molar-refractivity contribution in [2.24, 2.45) is 5.92 Å². The monoisotopic (exact) mass is 424 g/mol. The number of nitrogens with one attached hydrogen (secondary N) is 2. The predicted molar refractivity (Wildman–Crippen MR) is 103 cm³/mol. The van der Waals surface area contributed by atoms with Gasteiger partial charge in [0.1, 0.15) is 0 Å². The standard InChI is InChI=1S/C17H24N6O5S/c1-29(27,28)21-17-12-8-10(6-7-14(12)23(26)20-17)9-15(24)18-16-11-4-2-3-5-13(11)22(25)19-16/h10,25-26H,2-9H2,1H3,(H,20,21)(H,18,19,24). The van der Waals surface area contributed by atoms with E-state index in [1.54, 1.807) is 0 Å². The van der Waals surface area contributed by atoms with Crippen molar-refractivity contribution in [1.29, 1.82) is 0 Å². The molecule has 0 saturated carbocycles. The summed E-state index contributed by atoms with van der Waals surface area (Å²) in [5.41, 5.74) is 2.81. The number of hydrogen-bond donors (Lipinski definition) is 4. The first-order chi connectivity index (χ1) is 13.7. The van der Waals surface area contributed by atoms with Crippen LogP contribution in [-0.4, -0.2) is 50.9 Å². The molecule has 158 valence electrons. The van der Waals surface area contributed by atoms with Gasteiger partial charge < -0.3 is 15.7 Å². The fourth-order valence-corrected chi connectivity index (χ4v) is 4.74. The van der Waals surface area contributed by atoms with Gasteiger partial charge in [0.05, 0.1) is 17.6 Å². The molecule has 2 heterocycles. The molecule has 0 fully saturated rings. The van der Waals surface area contributed by atoms with E-state index in [1.807, 2.05) is 0 Å². The number of carbonyl (C=O) groups excluding carboxylic acids is 1. The zero-order valence-electron chi connectivity index (χ0n) is 16.1. The fraction of sp³-hybridized carbons (Fsp3) is 0.588. The maximum absolute atomic E-state index is 12.6. The van der Waals surface area contributed by atoms with Gasteiger partial charge in [0.2, 0.25) is 15.9 Å². The van der Waals surface area contributed by atoms with Gasteiger partial charge in [-0.05, 0) is 50.9 Å². The maximum atomic E-state index is 12.6. The average Bonchev–Trinajstić information content (AvgIpc) is 3.11. The van der Waals surface area contributed by atoms with Gasteiger partial charge >= 0.3 is 0 Å². The Morgan fingerprint density at radius 2 is 1.72 bits per heavy atom. The Morgan fingerprint density at radius 3 is 2.45 bits per heavy atom.